The molecule has 0 bridgehead atoms. The zero-order valence-corrected chi connectivity index (χ0v) is 9.45. The van der Waals surface area contributed by atoms with Gasteiger partial charge in [0.25, 0.3) is 0 Å². The van der Waals surface area contributed by atoms with E-state index in [0.29, 0.717) is 16.9 Å². The summed E-state index contributed by atoms with van der Waals surface area (Å²) in [5.74, 6) is 0.391. The number of rotatable bonds is 3. The molecule has 0 amide bonds. The number of nitrogens with two attached hydrogens (primary N) is 1. The average molecular weight is 239 g/mol. The van der Waals surface area contributed by atoms with Crippen LogP contribution in [-0.2, 0) is 6.54 Å². The van der Waals surface area contributed by atoms with E-state index in [9.17, 15) is 0 Å². The van der Waals surface area contributed by atoms with E-state index >= 15 is 0 Å². The van der Waals surface area contributed by atoms with Crippen LogP contribution in [0.5, 0.6) is 0 Å². The van der Waals surface area contributed by atoms with Gasteiger partial charge in [0.05, 0.1) is 6.54 Å². The normalized spacial score (nSPS) is 10.4. The number of nitrogens with zero attached hydrogens (tertiary/aromatic N) is 2. The first-order chi connectivity index (χ1) is 7.69. The summed E-state index contributed by atoms with van der Waals surface area (Å²) in [6, 6.07) is 5.83. The Morgan fingerprint density at radius 1 is 1.44 bits per heavy atom. The van der Waals surface area contributed by atoms with Gasteiger partial charge in [-0.3, -0.25) is 0 Å². The maximum atomic E-state index is 5.89. The molecule has 2 rings (SSSR count). The van der Waals surface area contributed by atoms with E-state index in [-0.39, 0.29) is 6.54 Å². The molecule has 0 spiro atoms. The Labute approximate surface area is 97.6 Å². The molecule has 1 aromatic heterocycles. The van der Waals surface area contributed by atoms with Gasteiger partial charge in [-0.2, -0.15) is 0 Å². The lowest BCUT2D eigenvalue weighted by Crippen LogP contribution is -1.95. The summed E-state index contributed by atoms with van der Waals surface area (Å²) in [5, 5.41) is 11.2. The van der Waals surface area contributed by atoms with E-state index in [0.717, 1.165) is 11.3 Å². The van der Waals surface area contributed by atoms with Crippen LogP contribution in [0.15, 0.2) is 22.6 Å². The van der Waals surface area contributed by atoms with Gasteiger partial charge in [0, 0.05) is 10.7 Å². The van der Waals surface area contributed by atoms with Crippen molar-refractivity contribution in [2.45, 2.75) is 13.5 Å². The summed E-state index contributed by atoms with van der Waals surface area (Å²) in [5.41, 5.74) is 7.24. The maximum Gasteiger partial charge on any atom is 0.320 e. The van der Waals surface area contributed by atoms with Crippen LogP contribution < -0.4 is 11.1 Å². The van der Waals surface area contributed by atoms with E-state index in [1.54, 1.807) is 6.07 Å². The largest absolute Gasteiger partial charge is 0.406 e. The fourth-order valence-electron chi connectivity index (χ4n) is 1.23. The van der Waals surface area contributed by atoms with Crippen molar-refractivity contribution in [3.8, 4) is 0 Å². The molecule has 0 unspecified atom stereocenters. The van der Waals surface area contributed by atoms with Gasteiger partial charge in [0.2, 0.25) is 5.89 Å². The van der Waals surface area contributed by atoms with Crippen LogP contribution in [0, 0.1) is 6.92 Å². The maximum absolute atomic E-state index is 5.89. The van der Waals surface area contributed by atoms with E-state index in [4.69, 9.17) is 21.8 Å². The fourth-order valence-corrected chi connectivity index (χ4v) is 1.40. The molecular formula is C10H11ClN4O. The average Bonchev–Trinajstić information content (AvgIpc) is 2.71. The van der Waals surface area contributed by atoms with Crippen LogP contribution in [0.3, 0.4) is 0 Å². The third-order valence-corrected chi connectivity index (χ3v) is 2.32. The van der Waals surface area contributed by atoms with E-state index in [2.05, 4.69) is 15.5 Å². The number of benzene rings is 1. The smallest absolute Gasteiger partial charge is 0.320 e. The van der Waals surface area contributed by atoms with Crippen molar-refractivity contribution < 1.29 is 4.42 Å². The van der Waals surface area contributed by atoms with Gasteiger partial charge in [-0.1, -0.05) is 22.8 Å². The first-order valence-corrected chi connectivity index (χ1v) is 5.12. The molecule has 0 atom stereocenters. The zero-order chi connectivity index (χ0) is 11.5. The van der Waals surface area contributed by atoms with Crippen molar-refractivity contribution in [3.05, 3.63) is 34.7 Å². The Morgan fingerprint density at radius 2 is 2.25 bits per heavy atom. The molecule has 0 saturated heterocycles. The Morgan fingerprint density at radius 3 is 2.94 bits per heavy atom. The SMILES string of the molecule is Cc1ccc(Cl)cc1Nc1nnc(CN)o1. The molecule has 1 aromatic carbocycles. The highest BCUT2D eigenvalue weighted by Gasteiger charge is 2.06. The fraction of sp³-hybridized carbons (Fsp3) is 0.200. The molecule has 0 aliphatic heterocycles. The second-order valence-electron chi connectivity index (χ2n) is 3.29. The van der Waals surface area contributed by atoms with Gasteiger partial charge in [-0.05, 0) is 24.6 Å². The van der Waals surface area contributed by atoms with Gasteiger partial charge < -0.3 is 15.5 Å². The summed E-state index contributed by atoms with van der Waals surface area (Å²) in [7, 11) is 0. The van der Waals surface area contributed by atoms with E-state index < -0.39 is 0 Å². The lowest BCUT2D eigenvalue weighted by Gasteiger charge is -2.05. The lowest BCUT2D eigenvalue weighted by molar-refractivity contribution is 0.511. The van der Waals surface area contributed by atoms with Crippen LogP contribution in [0.2, 0.25) is 5.02 Å². The topological polar surface area (TPSA) is 77.0 Å². The Kier molecular flexibility index (Phi) is 3.07. The third-order valence-electron chi connectivity index (χ3n) is 2.08. The van der Waals surface area contributed by atoms with Crippen LogP contribution in [0.1, 0.15) is 11.5 Å². The quantitative estimate of drug-likeness (QED) is 0.858. The highest BCUT2D eigenvalue weighted by Crippen LogP contribution is 2.23. The van der Waals surface area contributed by atoms with Crippen molar-refractivity contribution in [1.29, 1.82) is 0 Å². The van der Waals surface area contributed by atoms with Gasteiger partial charge in [0.1, 0.15) is 0 Å². The highest BCUT2D eigenvalue weighted by atomic mass is 35.5. The standard InChI is InChI=1S/C10H11ClN4O/c1-6-2-3-7(11)4-8(6)13-10-15-14-9(5-12)16-10/h2-4H,5,12H2,1H3,(H,13,15). The molecule has 5 nitrogen and oxygen atoms in total. The second-order valence-corrected chi connectivity index (χ2v) is 3.73. The molecule has 0 fully saturated rings. The summed E-state index contributed by atoms with van der Waals surface area (Å²) in [6.07, 6.45) is 0. The Hall–Kier alpha value is -1.59. The molecule has 3 N–H and O–H groups in total. The number of hydrogen-bond acceptors (Lipinski definition) is 5. The molecule has 16 heavy (non-hydrogen) atoms. The minimum atomic E-state index is 0.225. The zero-order valence-electron chi connectivity index (χ0n) is 8.70. The van der Waals surface area contributed by atoms with Gasteiger partial charge in [-0.25, -0.2) is 0 Å². The highest BCUT2D eigenvalue weighted by molar-refractivity contribution is 6.30. The van der Waals surface area contributed by atoms with Gasteiger partial charge in [-0.15, -0.1) is 5.10 Å². The van der Waals surface area contributed by atoms with Crippen molar-refractivity contribution in [1.82, 2.24) is 10.2 Å². The summed E-state index contributed by atoms with van der Waals surface area (Å²) >= 11 is 5.89. The van der Waals surface area contributed by atoms with Gasteiger partial charge >= 0.3 is 6.01 Å². The summed E-state index contributed by atoms with van der Waals surface area (Å²) < 4.78 is 5.23. The number of nitrogens with one attached hydrogen (secondary N) is 1. The third kappa shape index (κ3) is 2.32. The molecule has 2 aromatic rings. The summed E-state index contributed by atoms with van der Waals surface area (Å²) in [4.78, 5) is 0. The second kappa shape index (κ2) is 4.51. The van der Waals surface area contributed by atoms with Crippen LogP contribution in [0.4, 0.5) is 11.7 Å². The van der Waals surface area contributed by atoms with E-state index in [1.165, 1.54) is 0 Å². The predicted molar refractivity (Wildman–Crippen MR) is 61.7 cm³/mol. The van der Waals surface area contributed by atoms with Crippen LogP contribution in [0.25, 0.3) is 0 Å². The van der Waals surface area contributed by atoms with Crippen molar-refractivity contribution in [2.24, 2.45) is 5.73 Å². The first kappa shape index (κ1) is 10.9. The lowest BCUT2D eigenvalue weighted by atomic mass is 10.2. The minimum absolute atomic E-state index is 0.225. The number of anilines is 2. The van der Waals surface area contributed by atoms with Crippen molar-refractivity contribution >= 4 is 23.3 Å². The van der Waals surface area contributed by atoms with Gasteiger partial charge in [0.15, 0.2) is 0 Å². The predicted octanol–water partition coefficient (Wildman–Crippen LogP) is 2.23. The minimum Gasteiger partial charge on any atom is -0.406 e. The number of hydrogen-bond donors (Lipinski definition) is 2. The number of halogens is 1. The van der Waals surface area contributed by atoms with Crippen molar-refractivity contribution in [3.63, 3.8) is 0 Å². The monoisotopic (exact) mass is 238 g/mol. The number of aromatic nitrogens is 2. The molecule has 0 aliphatic rings. The Balaban J connectivity index is 2.22. The molecule has 84 valence electrons. The molecule has 0 saturated carbocycles. The summed E-state index contributed by atoms with van der Waals surface area (Å²) in [6.45, 7) is 2.18. The first-order valence-electron chi connectivity index (χ1n) is 4.74. The molecule has 0 radical (unpaired) electrons. The van der Waals surface area contributed by atoms with Crippen molar-refractivity contribution in [2.75, 3.05) is 5.32 Å². The molecule has 1 heterocycles. The number of aryl methyl sites for hydroxylation is 1. The van der Waals surface area contributed by atoms with Crippen LogP contribution >= 0.6 is 11.6 Å². The molecule has 6 heteroatoms. The van der Waals surface area contributed by atoms with Crippen LogP contribution in [-0.4, -0.2) is 10.2 Å². The van der Waals surface area contributed by atoms with E-state index in [1.807, 2.05) is 19.1 Å². The Bertz CT molecular complexity index is 497. The molecule has 0 aliphatic carbocycles. The molecular weight excluding hydrogens is 228 g/mol.